The van der Waals surface area contributed by atoms with Crippen molar-refractivity contribution in [2.45, 2.75) is 6.36 Å². The van der Waals surface area contributed by atoms with Crippen LogP contribution in [0.25, 0.3) is 11.1 Å². The molecule has 0 unspecified atom stereocenters. The molecule has 7 heteroatoms. The van der Waals surface area contributed by atoms with E-state index < -0.39 is 6.36 Å². The molecule has 0 radical (unpaired) electrons. The minimum absolute atomic E-state index is 0.198. The Morgan fingerprint density at radius 2 is 1.85 bits per heavy atom. The number of hydrogen-bond acceptors (Lipinski definition) is 3. The van der Waals surface area contributed by atoms with Gasteiger partial charge in [0.2, 0.25) is 5.88 Å². The summed E-state index contributed by atoms with van der Waals surface area (Å²) in [6.07, 6.45) is -3.47. The van der Waals surface area contributed by atoms with Gasteiger partial charge in [-0.05, 0) is 6.07 Å². The highest BCUT2D eigenvalue weighted by Crippen LogP contribution is 2.38. The Hall–Kier alpha value is -1.95. The summed E-state index contributed by atoms with van der Waals surface area (Å²) in [5.41, 5.74) is 0.550. The lowest BCUT2D eigenvalue weighted by Crippen LogP contribution is -2.17. The van der Waals surface area contributed by atoms with E-state index in [1.54, 1.807) is 6.07 Å². The number of nitrogens with zero attached hydrogens (tertiary/aromatic N) is 1. The minimum atomic E-state index is -4.78. The first kappa shape index (κ1) is 14.5. The molecule has 0 N–H and O–H groups in total. The molecule has 0 amide bonds. The molecule has 0 fully saturated rings. The summed E-state index contributed by atoms with van der Waals surface area (Å²) >= 11 is 5.98. The van der Waals surface area contributed by atoms with Gasteiger partial charge in [0.1, 0.15) is 5.75 Å². The fraction of sp³-hybridized carbons (Fsp3) is 0.154. The average Bonchev–Trinajstić information content (AvgIpc) is 2.38. The van der Waals surface area contributed by atoms with Crippen molar-refractivity contribution in [3.63, 3.8) is 0 Å². The molecule has 2 aromatic rings. The van der Waals surface area contributed by atoms with Crippen LogP contribution < -0.4 is 9.47 Å². The van der Waals surface area contributed by atoms with Gasteiger partial charge in [-0.15, -0.1) is 13.2 Å². The maximum atomic E-state index is 12.4. The Bertz CT molecular complexity index is 617. The van der Waals surface area contributed by atoms with E-state index >= 15 is 0 Å². The minimum Gasteiger partial charge on any atom is -0.481 e. The van der Waals surface area contributed by atoms with E-state index in [-0.39, 0.29) is 22.2 Å². The fourth-order valence-corrected chi connectivity index (χ4v) is 1.85. The van der Waals surface area contributed by atoms with Gasteiger partial charge >= 0.3 is 6.36 Å². The summed E-state index contributed by atoms with van der Waals surface area (Å²) in [5, 5.41) is 0.198. The number of pyridine rings is 1. The van der Waals surface area contributed by atoms with Crippen LogP contribution in [0.5, 0.6) is 11.6 Å². The molecule has 20 heavy (non-hydrogen) atoms. The van der Waals surface area contributed by atoms with Gasteiger partial charge in [0.05, 0.1) is 18.3 Å². The van der Waals surface area contributed by atoms with Gasteiger partial charge in [0.25, 0.3) is 0 Å². The highest BCUT2D eigenvalue weighted by atomic mass is 35.5. The Labute approximate surface area is 117 Å². The molecule has 0 aliphatic rings. The third kappa shape index (κ3) is 3.33. The van der Waals surface area contributed by atoms with Gasteiger partial charge < -0.3 is 9.47 Å². The largest absolute Gasteiger partial charge is 0.573 e. The second-order valence-electron chi connectivity index (χ2n) is 3.75. The molecule has 1 aromatic carbocycles. The molecule has 2 rings (SSSR count). The van der Waals surface area contributed by atoms with Crippen molar-refractivity contribution >= 4 is 11.6 Å². The number of ether oxygens (including phenoxy) is 2. The van der Waals surface area contributed by atoms with Gasteiger partial charge in [-0.1, -0.05) is 29.8 Å². The lowest BCUT2D eigenvalue weighted by atomic mass is 10.1. The molecule has 1 heterocycles. The number of halogens is 4. The first-order valence-electron chi connectivity index (χ1n) is 5.45. The summed E-state index contributed by atoms with van der Waals surface area (Å²) in [4.78, 5) is 3.87. The zero-order valence-corrected chi connectivity index (χ0v) is 11.0. The van der Waals surface area contributed by atoms with Gasteiger partial charge in [0.15, 0.2) is 0 Å². The van der Waals surface area contributed by atoms with Crippen LogP contribution in [0.1, 0.15) is 0 Å². The maximum Gasteiger partial charge on any atom is 0.573 e. The van der Waals surface area contributed by atoms with E-state index in [9.17, 15) is 13.2 Å². The van der Waals surface area contributed by atoms with Crippen molar-refractivity contribution in [1.29, 1.82) is 0 Å². The van der Waals surface area contributed by atoms with E-state index in [0.717, 1.165) is 0 Å². The van der Waals surface area contributed by atoms with Crippen LogP contribution in [0.15, 0.2) is 36.5 Å². The predicted molar refractivity (Wildman–Crippen MR) is 67.9 cm³/mol. The second-order valence-corrected chi connectivity index (χ2v) is 4.16. The smallest absolute Gasteiger partial charge is 0.481 e. The van der Waals surface area contributed by atoms with E-state index in [1.165, 1.54) is 37.6 Å². The standard InChI is InChI=1S/C13H9ClF3NO2/c1-19-12-6-9(10(14)7-18-12)8-4-2-3-5-11(8)20-13(15,16)17/h2-7H,1H3. The fourth-order valence-electron chi connectivity index (χ4n) is 1.64. The van der Waals surface area contributed by atoms with Crippen LogP contribution in [0.3, 0.4) is 0 Å². The molecule has 0 spiro atoms. The van der Waals surface area contributed by atoms with Crippen molar-refractivity contribution in [2.75, 3.05) is 7.11 Å². The highest BCUT2D eigenvalue weighted by Gasteiger charge is 2.32. The average molecular weight is 304 g/mol. The Morgan fingerprint density at radius 1 is 1.15 bits per heavy atom. The predicted octanol–water partition coefficient (Wildman–Crippen LogP) is 4.31. The van der Waals surface area contributed by atoms with E-state index in [1.807, 2.05) is 0 Å². The van der Waals surface area contributed by atoms with Crippen molar-refractivity contribution in [2.24, 2.45) is 0 Å². The monoisotopic (exact) mass is 303 g/mol. The third-order valence-corrected chi connectivity index (χ3v) is 2.74. The van der Waals surface area contributed by atoms with Gasteiger partial charge in [-0.25, -0.2) is 4.98 Å². The van der Waals surface area contributed by atoms with E-state index in [0.29, 0.717) is 5.56 Å². The molecule has 0 aliphatic carbocycles. The van der Waals surface area contributed by atoms with Crippen molar-refractivity contribution in [1.82, 2.24) is 4.98 Å². The molecule has 0 saturated heterocycles. The van der Waals surface area contributed by atoms with Crippen LogP contribution in [0.4, 0.5) is 13.2 Å². The summed E-state index contributed by atoms with van der Waals surface area (Å²) in [5.74, 6) is -0.0960. The quantitative estimate of drug-likeness (QED) is 0.846. The number of para-hydroxylation sites is 1. The first-order valence-corrected chi connectivity index (χ1v) is 5.83. The number of methoxy groups -OCH3 is 1. The Kier molecular flexibility index (Phi) is 4.04. The molecular weight excluding hydrogens is 295 g/mol. The highest BCUT2D eigenvalue weighted by molar-refractivity contribution is 6.33. The number of hydrogen-bond donors (Lipinski definition) is 0. The normalized spacial score (nSPS) is 11.2. The van der Waals surface area contributed by atoms with Gasteiger partial charge in [-0.3, -0.25) is 0 Å². The Morgan fingerprint density at radius 3 is 2.50 bits per heavy atom. The number of rotatable bonds is 3. The lowest BCUT2D eigenvalue weighted by molar-refractivity contribution is -0.274. The van der Waals surface area contributed by atoms with Crippen LogP contribution >= 0.6 is 11.6 Å². The van der Waals surface area contributed by atoms with Crippen LogP contribution in [0.2, 0.25) is 5.02 Å². The van der Waals surface area contributed by atoms with Crippen LogP contribution in [0, 0.1) is 0 Å². The summed E-state index contributed by atoms with van der Waals surface area (Å²) in [7, 11) is 1.40. The second kappa shape index (κ2) is 5.58. The number of aromatic nitrogens is 1. The molecule has 0 bridgehead atoms. The molecular formula is C13H9ClF3NO2. The van der Waals surface area contributed by atoms with Crippen LogP contribution in [-0.4, -0.2) is 18.5 Å². The topological polar surface area (TPSA) is 31.4 Å². The Balaban J connectivity index is 2.52. The van der Waals surface area contributed by atoms with Crippen molar-refractivity contribution in [3.05, 3.63) is 41.6 Å². The molecule has 3 nitrogen and oxygen atoms in total. The summed E-state index contributed by atoms with van der Waals surface area (Å²) in [6.45, 7) is 0. The summed E-state index contributed by atoms with van der Waals surface area (Å²) < 4.78 is 46.1. The van der Waals surface area contributed by atoms with Crippen molar-refractivity contribution in [3.8, 4) is 22.8 Å². The summed E-state index contributed by atoms with van der Waals surface area (Å²) in [6, 6.07) is 7.16. The van der Waals surface area contributed by atoms with E-state index in [4.69, 9.17) is 16.3 Å². The van der Waals surface area contributed by atoms with Crippen LogP contribution in [-0.2, 0) is 0 Å². The molecule has 106 valence electrons. The van der Waals surface area contributed by atoms with Crippen molar-refractivity contribution < 1.29 is 22.6 Å². The number of alkyl halides is 3. The molecule has 0 aliphatic heterocycles. The zero-order chi connectivity index (χ0) is 14.8. The van der Waals surface area contributed by atoms with E-state index in [2.05, 4.69) is 9.72 Å². The molecule has 1 aromatic heterocycles. The number of benzene rings is 1. The molecule has 0 saturated carbocycles. The first-order chi connectivity index (χ1) is 9.40. The third-order valence-electron chi connectivity index (χ3n) is 2.44. The lowest BCUT2D eigenvalue weighted by Gasteiger charge is -2.14. The van der Waals surface area contributed by atoms with Gasteiger partial charge in [-0.2, -0.15) is 0 Å². The molecule has 0 atom stereocenters. The SMILES string of the molecule is COc1cc(-c2ccccc2OC(F)(F)F)c(Cl)cn1. The van der Waals surface area contributed by atoms with Gasteiger partial charge in [0, 0.05) is 17.2 Å². The zero-order valence-electron chi connectivity index (χ0n) is 10.2. The maximum absolute atomic E-state index is 12.4.